The number of benzene rings is 1. The summed E-state index contributed by atoms with van der Waals surface area (Å²) in [5, 5.41) is 19.3. The standard InChI is InChI=1S/C12H13ClN2O5/c1-2-5-14(7-11(16)17)12(18)9-4-3-8(15(19)20)6-10(9)13/h3-4,6H,2,5,7H2,1H3,(H,16,17). The fraction of sp³-hybridized carbons (Fsp3) is 0.333. The van der Waals surface area contributed by atoms with E-state index in [0.717, 1.165) is 17.0 Å². The largest absolute Gasteiger partial charge is 0.480 e. The first-order valence-corrected chi connectivity index (χ1v) is 6.19. The summed E-state index contributed by atoms with van der Waals surface area (Å²) < 4.78 is 0. The van der Waals surface area contributed by atoms with E-state index in [1.54, 1.807) is 6.92 Å². The van der Waals surface area contributed by atoms with Gasteiger partial charge in [0.15, 0.2) is 0 Å². The van der Waals surface area contributed by atoms with Gasteiger partial charge in [-0.05, 0) is 12.5 Å². The second-order valence-corrected chi connectivity index (χ2v) is 4.45. The van der Waals surface area contributed by atoms with Gasteiger partial charge < -0.3 is 10.0 Å². The number of carbonyl (C=O) groups excluding carboxylic acids is 1. The topological polar surface area (TPSA) is 101 Å². The van der Waals surface area contributed by atoms with Gasteiger partial charge in [-0.25, -0.2) is 0 Å². The van der Waals surface area contributed by atoms with Crippen LogP contribution in [0.25, 0.3) is 0 Å². The number of amides is 1. The first-order valence-electron chi connectivity index (χ1n) is 5.81. The van der Waals surface area contributed by atoms with Crippen LogP contribution in [0.4, 0.5) is 5.69 Å². The van der Waals surface area contributed by atoms with Gasteiger partial charge >= 0.3 is 5.97 Å². The van der Waals surface area contributed by atoms with E-state index in [1.807, 2.05) is 0 Å². The average molecular weight is 301 g/mol. The minimum Gasteiger partial charge on any atom is -0.480 e. The van der Waals surface area contributed by atoms with Gasteiger partial charge in [0.1, 0.15) is 6.54 Å². The van der Waals surface area contributed by atoms with Crippen molar-refractivity contribution in [2.75, 3.05) is 13.1 Å². The van der Waals surface area contributed by atoms with Crippen molar-refractivity contribution < 1.29 is 19.6 Å². The summed E-state index contributed by atoms with van der Waals surface area (Å²) in [7, 11) is 0. The molecule has 108 valence electrons. The number of non-ortho nitro benzene ring substituents is 1. The average Bonchev–Trinajstić information content (AvgIpc) is 2.36. The van der Waals surface area contributed by atoms with Crippen LogP contribution in [0.1, 0.15) is 23.7 Å². The number of carboxylic acids is 1. The maximum absolute atomic E-state index is 12.2. The molecule has 0 aliphatic heterocycles. The first kappa shape index (κ1) is 15.9. The van der Waals surface area contributed by atoms with Gasteiger partial charge in [0.05, 0.1) is 15.5 Å². The fourth-order valence-electron chi connectivity index (χ4n) is 1.65. The molecule has 1 aromatic carbocycles. The van der Waals surface area contributed by atoms with Gasteiger partial charge in [0, 0.05) is 18.7 Å². The van der Waals surface area contributed by atoms with Crippen molar-refractivity contribution >= 4 is 29.2 Å². The molecular weight excluding hydrogens is 288 g/mol. The number of carboxylic acid groups (broad SMARTS) is 1. The van der Waals surface area contributed by atoms with Crippen LogP contribution in [0.2, 0.25) is 5.02 Å². The lowest BCUT2D eigenvalue weighted by Gasteiger charge is -2.20. The molecule has 0 atom stereocenters. The van der Waals surface area contributed by atoms with Crippen LogP contribution in [-0.2, 0) is 4.79 Å². The molecule has 1 rings (SSSR count). The maximum Gasteiger partial charge on any atom is 0.323 e. The highest BCUT2D eigenvalue weighted by Gasteiger charge is 2.21. The summed E-state index contributed by atoms with van der Waals surface area (Å²) in [5.74, 6) is -1.70. The second-order valence-electron chi connectivity index (χ2n) is 4.04. The van der Waals surface area contributed by atoms with E-state index in [9.17, 15) is 19.7 Å². The Hall–Kier alpha value is -2.15. The van der Waals surface area contributed by atoms with E-state index < -0.39 is 23.3 Å². The second kappa shape index (κ2) is 6.85. The Balaban J connectivity index is 3.05. The molecule has 0 heterocycles. The Labute approximate surface area is 119 Å². The predicted octanol–water partition coefficient (Wildman–Crippen LogP) is 2.18. The predicted molar refractivity (Wildman–Crippen MR) is 71.9 cm³/mol. The Kier molecular flexibility index (Phi) is 5.45. The summed E-state index contributed by atoms with van der Waals surface area (Å²) in [6, 6.07) is 3.46. The van der Waals surface area contributed by atoms with Crippen molar-refractivity contribution in [3.63, 3.8) is 0 Å². The number of hydrogen-bond donors (Lipinski definition) is 1. The molecule has 0 aliphatic rings. The molecule has 0 saturated heterocycles. The summed E-state index contributed by atoms with van der Waals surface area (Å²) in [6.07, 6.45) is 0.587. The number of halogens is 1. The molecular formula is C12H13ClN2O5. The van der Waals surface area contributed by atoms with Crippen LogP contribution >= 0.6 is 11.6 Å². The van der Waals surface area contributed by atoms with Gasteiger partial charge in [-0.15, -0.1) is 0 Å². The van der Waals surface area contributed by atoms with Crippen LogP contribution in [0.15, 0.2) is 18.2 Å². The van der Waals surface area contributed by atoms with E-state index >= 15 is 0 Å². The molecule has 1 N–H and O–H groups in total. The van der Waals surface area contributed by atoms with Gasteiger partial charge in [-0.3, -0.25) is 19.7 Å². The Morgan fingerprint density at radius 3 is 2.55 bits per heavy atom. The maximum atomic E-state index is 12.2. The zero-order valence-corrected chi connectivity index (χ0v) is 11.5. The third kappa shape index (κ3) is 3.92. The van der Waals surface area contributed by atoms with Crippen molar-refractivity contribution in [2.45, 2.75) is 13.3 Å². The minimum absolute atomic E-state index is 0.0481. The summed E-state index contributed by atoms with van der Waals surface area (Å²) >= 11 is 5.85. The number of nitro benzene ring substituents is 1. The zero-order chi connectivity index (χ0) is 15.3. The molecule has 8 heteroatoms. The van der Waals surface area contributed by atoms with Crippen molar-refractivity contribution in [1.82, 2.24) is 4.90 Å². The Morgan fingerprint density at radius 2 is 2.10 bits per heavy atom. The lowest BCUT2D eigenvalue weighted by molar-refractivity contribution is -0.384. The smallest absolute Gasteiger partial charge is 0.323 e. The monoisotopic (exact) mass is 300 g/mol. The van der Waals surface area contributed by atoms with Gasteiger partial charge in [-0.1, -0.05) is 18.5 Å². The summed E-state index contributed by atoms with van der Waals surface area (Å²) in [6.45, 7) is 1.62. The molecule has 0 unspecified atom stereocenters. The molecule has 20 heavy (non-hydrogen) atoms. The van der Waals surface area contributed by atoms with Crippen LogP contribution < -0.4 is 0 Å². The number of nitrogens with zero attached hydrogens (tertiary/aromatic N) is 2. The minimum atomic E-state index is -1.13. The number of carbonyl (C=O) groups is 2. The highest BCUT2D eigenvalue weighted by Crippen LogP contribution is 2.23. The number of aliphatic carboxylic acids is 1. The third-order valence-corrected chi connectivity index (χ3v) is 2.81. The van der Waals surface area contributed by atoms with Crippen molar-refractivity contribution in [3.8, 4) is 0 Å². The molecule has 0 spiro atoms. The van der Waals surface area contributed by atoms with Gasteiger partial charge in [-0.2, -0.15) is 0 Å². The van der Waals surface area contributed by atoms with Gasteiger partial charge in [0.2, 0.25) is 0 Å². The quantitative estimate of drug-likeness (QED) is 0.641. The number of rotatable bonds is 6. The molecule has 1 amide bonds. The van der Waals surface area contributed by atoms with Crippen molar-refractivity contribution in [3.05, 3.63) is 38.9 Å². The third-order valence-electron chi connectivity index (χ3n) is 2.50. The molecule has 0 radical (unpaired) electrons. The highest BCUT2D eigenvalue weighted by molar-refractivity contribution is 6.34. The Bertz CT molecular complexity index is 547. The van der Waals surface area contributed by atoms with Crippen molar-refractivity contribution in [2.24, 2.45) is 0 Å². The Morgan fingerprint density at radius 1 is 1.45 bits per heavy atom. The molecule has 0 aliphatic carbocycles. The van der Waals surface area contributed by atoms with E-state index in [-0.39, 0.29) is 22.8 Å². The fourth-order valence-corrected chi connectivity index (χ4v) is 1.90. The number of hydrogen-bond acceptors (Lipinski definition) is 4. The van der Waals surface area contributed by atoms with E-state index in [4.69, 9.17) is 16.7 Å². The van der Waals surface area contributed by atoms with Crippen LogP contribution in [0.5, 0.6) is 0 Å². The molecule has 1 aromatic rings. The van der Waals surface area contributed by atoms with E-state index in [0.29, 0.717) is 6.42 Å². The molecule has 0 bridgehead atoms. The summed E-state index contributed by atoms with van der Waals surface area (Å²) in [5.41, 5.74) is -0.182. The normalized spacial score (nSPS) is 10.1. The molecule has 7 nitrogen and oxygen atoms in total. The lowest BCUT2D eigenvalue weighted by atomic mass is 10.1. The van der Waals surface area contributed by atoms with E-state index in [1.165, 1.54) is 6.07 Å². The SMILES string of the molecule is CCCN(CC(=O)O)C(=O)c1ccc([N+](=O)[O-])cc1Cl. The van der Waals surface area contributed by atoms with Crippen LogP contribution in [0.3, 0.4) is 0 Å². The highest BCUT2D eigenvalue weighted by atomic mass is 35.5. The van der Waals surface area contributed by atoms with Crippen molar-refractivity contribution in [1.29, 1.82) is 0 Å². The number of nitro groups is 1. The zero-order valence-electron chi connectivity index (χ0n) is 10.7. The summed E-state index contributed by atoms with van der Waals surface area (Å²) in [4.78, 5) is 34.0. The van der Waals surface area contributed by atoms with Crippen LogP contribution in [-0.4, -0.2) is 39.9 Å². The van der Waals surface area contributed by atoms with Crippen LogP contribution in [0, 0.1) is 10.1 Å². The first-order chi connectivity index (χ1) is 9.36. The molecule has 0 fully saturated rings. The van der Waals surface area contributed by atoms with Gasteiger partial charge in [0.25, 0.3) is 11.6 Å². The molecule has 0 saturated carbocycles. The lowest BCUT2D eigenvalue weighted by Crippen LogP contribution is -2.36. The van der Waals surface area contributed by atoms with E-state index in [2.05, 4.69) is 0 Å². The molecule has 0 aromatic heterocycles.